The van der Waals surface area contributed by atoms with Crippen LogP contribution in [-0.2, 0) is 6.54 Å². The molecule has 1 heterocycles. The summed E-state index contributed by atoms with van der Waals surface area (Å²) < 4.78 is 18.2. The lowest BCUT2D eigenvalue weighted by Gasteiger charge is -2.04. The number of aromatic nitrogens is 2. The summed E-state index contributed by atoms with van der Waals surface area (Å²) in [7, 11) is 0. The van der Waals surface area contributed by atoms with Gasteiger partial charge in [-0.3, -0.25) is 0 Å². The van der Waals surface area contributed by atoms with Crippen LogP contribution in [0.2, 0.25) is 0 Å². The van der Waals surface area contributed by atoms with Crippen molar-refractivity contribution in [3.63, 3.8) is 0 Å². The smallest absolute Gasteiger partial charge is 0.322 e. The molecule has 4 nitrogen and oxygen atoms in total. The number of hydrogen-bond acceptors (Lipinski definition) is 4. The second-order valence-corrected chi connectivity index (χ2v) is 3.09. The number of nitrogens with two attached hydrogens (primary N) is 1. The summed E-state index contributed by atoms with van der Waals surface area (Å²) in [5, 5.41) is 0. The molecule has 0 unspecified atom stereocenters. The van der Waals surface area contributed by atoms with Crippen LogP contribution < -0.4 is 10.5 Å². The standard InChI is InChI=1S/C11H10FN3O/c12-8-2-1-3-10(6-8)16-11-14-5-4-9(7-13)15-11/h1-6H,7,13H2. The first-order valence-electron chi connectivity index (χ1n) is 4.73. The van der Waals surface area contributed by atoms with Crippen molar-refractivity contribution in [2.75, 3.05) is 0 Å². The minimum atomic E-state index is -0.368. The average molecular weight is 219 g/mol. The molecule has 16 heavy (non-hydrogen) atoms. The van der Waals surface area contributed by atoms with Crippen LogP contribution in [0.25, 0.3) is 0 Å². The Bertz CT molecular complexity index is 490. The van der Waals surface area contributed by atoms with E-state index in [0.717, 1.165) is 0 Å². The highest BCUT2D eigenvalue weighted by atomic mass is 19.1. The molecule has 0 atom stereocenters. The van der Waals surface area contributed by atoms with Gasteiger partial charge >= 0.3 is 6.01 Å². The average Bonchev–Trinajstić information content (AvgIpc) is 2.29. The molecule has 0 aliphatic rings. The predicted octanol–water partition coefficient (Wildman–Crippen LogP) is 1.87. The molecular formula is C11H10FN3O. The molecule has 1 aromatic carbocycles. The number of hydrogen-bond donors (Lipinski definition) is 1. The first-order valence-corrected chi connectivity index (χ1v) is 4.73. The third-order valence-electron chi connectivity index (χ3n) is 1.91. The van der Waals surface area contributed by atoms with Gasteiger partial charge in [0, 0.05) is 18.8 Å². The van der Waals surface area contributed by atoms with Gasteiger partial charge in [0.05, 0.1) is 5.69 Å². The summed E-state index contributed by atoms with van der Waals surface area (Å²) in [5.74, 6) is -0.0124. The number of nitrogens with zero attached hydrogens (tertiary/aromatic N) is 2. The van der Waals surface area contributed by atoms with Gasteiger partial charge < -0.3 is 10.5 Å². The Labute approximate surface area is 91.9 Å². The quantitative estimate of drug-likeness (QED) is 0.855. The van der Waals surface area contributed by atoms with E-state index in [1.807, 2.05) is 0 Å². The van der Waals surface area contributed by atoms with Gasteiger partial charge in [0.2, 0.25) is 0 Å². The SMILES string of the molecule is NCc1ccnc(Oc2cccc(F)c2)n1. The van der Waals surface area contributed by atoms with Crippen LogP contribution in [0.1, 0.15) is 5.69 Å². The summed E-state index contributed by atoms with van der Waals surface area (Å²) in [6, 6.07) is 7.63. The maximum absolute atomic E-state index is 12.9. The fourth-order valence-electron chi connectivity index (χ4n) is 1.17. The first kappa shape index (κ1) is 10.5. The Balaban J connectivity index is 2.20. The van der Waals surface area contributed by atoms with Gasteiger partial charge in [0.1, 0.15) is 11.6 Å². The summed E-state index contributed by atoms with van der Waals surface area (Å²) in [6.45, 7) is 0.308. The Kier molecular flexibility index (Phi) is 3.07. The molecule has 0 fully saturated rings. The third-order valence-corrected chi connectivity index (χ3v) is 1.91. The molecule has 0 bridgehead atoms. The lowest BCUT2D eigenvalue weighted by atomic mass is 10.3. The summed E-state index contributed by atoms with van der Waals surface area (Å²) in [4.78, 5) is 7.94. The van der Waals surface area contributed by atoms with E-state index in [1.54, 1.807) is 24.4 Å². The van der Waals surface area contributed by atoms with Crippen LogP contribution in [0.15, 0.2) is 36.5 Å². The van der Waals surface area contributed by atoms with Crippen molar-refractivity contribution >= 4 is 0 Å². The minimum absolute atomic E-state index is 0.161. The van der Waals surface area contributed by atoms with Crippen LogP contribution in [0.3, 0.4) is 0 Å². The predicted molar refractivity (Wildman–Crippen MR) is 56.4 cm³/mol. The van der Waals surface area contributed by atoms with E-state index in [2.05, 4.69) is 9.97 Å². The molecule has 82 valence electrons. The van der Waals surface area contributed by atoms with Crippen LogP contribution in [-0.4, -0.2) is 9.97 Å². The molecule has 1 aromatic heterocycles. The second kappa shape index (κ2) is 4.67. The van der Waals surface area contributed by atoms with Crippen molar-refractivity contribution in [2.45, 2.75) is 6.54 Å². The van der Waals surface area contributed by atoms with Crippen LogP contribution in [0.4, 0.5) is 4.39 Å². The molecule has 0 amide bonds. The topological polar surface area (TPSA) is 61.0 Å². The van der Waals surface area contributed by atoms with Crippen molar-refractivity contribution in [2.24, 2.45) is 5.73 Å². The van der Waals surface area contributed by atoms with Gasteiger partial charge in [-0.2, -0.15) is 4.98 Å². The molecular weight excluding hydrogens is 209 g/mol. The lowest BCUT2D eigenvalue weighted by Crippen LogP contribution is -2.01. The van der Waals surface area contributed by atoms with E-state index in [1.165, 1.54) is 12.1 Å². The molecule has 0 radical (unpaired) electrons. The van der Waals surface area contributed by atoms with E-state index in [9.17, 15) is 4.39 Å². The fraction of sp³-hybridized carbons (Fsp3) is 0.0909. The third kappa shape index (κ3) is 2.52. The second-order valence-electron chi connectivity index (χ2n) is 3.09. The van der Waals surface area contributed by atoms with Gasteiger partial charge in [-0.05, 0) is 18.2 Å². The molecule has 5 heteroatoms. The van der Waals surface area contributed by atoms with Crippen molar-refractivity contribution in [1.29, 1.82) is 0 Å². The van der Waals surface area contributed by atoms with Crippen molar-refractivity contribution < 1.29 is 9.13 Å². The summed E-state index contributed by atoms with van der Waals surface area (Å²) in [6.07, 6.45) is 1.55. The Morgan fingerprint density at radius 1 is 1.31 bits per heavy atom. The number of ether oxygens (including phenoxy) is 1. The van der Waals surface area contributed by atoms with E-state index >= 15 is 0 Å². The Morgan fingerprint density at radius 3 is 2.94 bits per heavy atom. The number of rotatable bonds is 3. The fourth-order valence-corrected chi connectivity index (χ4v) is 1.17. The van der Waals surface area contributed by atoms with Gasteiger partial charge in [0.15, 0.2) is 0 Å². The Hall–Kier alpha value is -2.01. The van der Waals surface area contributed by atoms with E-state index in [-0.39, 0.29) is 11.8 Å². The number of halogens is 1. The zero-order valence-electron chi connectivity index (χ0n) is 8.43. The van der Waals surface area contributed by atoms with Gasteiger partial charge in [-0.25, -0.2) is 9.37 Å². The zero-order valence-corrected chi connectivity index (χ0v) is 8.43. The Morgan fingerprint density at radius 2 is 2.19 bits per heavy atom. The molecule has 0 saturated carbocycles. The highest BCUT2D eigenvalue weighted by molar-refractivity contribution is 5.25. The highest BCUT2D eigenvalue weighted by Gasteiger charge is 2.02. The minimum Gasteiger partial charge on any atom is -0.424 e. The van der Waals surface area contributed by atoms with Crippen LogP contribution >= 0.6 is 0 Å². The van der Waals surface area contributed by atoms with Crippen molar-refractivity contribution in [3.8, 4) is 11.8 Å². The van der Waals surface area contributed by atoms with Crippen molar-refractivity contribution in [3.05, 3.63) is 48.0 Å². The highest BCUT2D eigenvalue weighted by Crippen LogP contribution is 2.18. The van der Waals surface area contributed by atoms with Crippen LogP contribution in [0, 0.1) is 5.82 Å². The zero-order chi connectivity index (χ0) is 11.4. The van der Waals surface area contributed by atoms with E-state index in [0.29, 0.717) is 18.0 Å². The normalized spacial score (nSPS) is 10.1. The monoisotopic (exact) mass is 219 g/mol. The van der Waals surface area contributed by atoms with Gasteiger partial charge in [0.25, 0.3) is 0 Å². The van der Waals surface area contributed by atoms with Gasteiger partial charge in [-0.15, -0.1) is 0 Å². The molecule has 0 spiro atoms. The summed E-state index contributed by atoms with van der Waals surface area (Å²) >= 11 is 0. The maximum atomic E-state index is 12.9. The van der Waals surface area contributed by atoms with E-state index < -0.39 is 0 Å². The van der Waals surface area contributed by atoms with Gasteiger partial charge in [-0.1, -0.05) is 6.07 Å². The molecule has 0 aliphatic carbocycles. The molecule has 0 aliphatic heterocycles. The molecule has 2 N–H and O–H groups in total. The van der Waals surface area contributed by atoms with E-state index in [4.69, 9.17) is 10.5 Å². The first-order chi connectivity index (χ1) is 7.78. The van der Waals surface area contributed by atoms with Crippen LogP contribution in [0.5, 0.6) is 11.8 Å². The molecule has 2 aromatic rings. The lowest BCUT2D eigenvalue weighted by molar-refractivity contribution is 0.435. The largest absolute Gasteiger partial charge is 0.424 e. The number of benzene rings is 1. The molecule has 2 rings (SSSR count). The maximum Gasteiger partial charge on any atom is 0.322 e. The molecule has 0 saturated heterocycles. The van der Waals surface area contributed by atoms with Crippen molar-refractivity contribution in [1.82, 2.24) is 9.97 Å². The summed E-state index contributed by atoms with van der Waals surface area (Å²) in [5.41, 5.74) is 6.10.